The topological polar surface area (TPSA) is 95.5 Å². The van der Waals surface area contributed by atoms with Gasteiger partial charge in [-0.25, -0.2) is 4.79 Å². The number of hydrogen-bond acceptors (Lipinski definition) is 4. The van der Waals surface area contributed by atoms with Gasteiger partial charge in [-0.05, 0) is 37.6 Å². The number of carboxylic acid groups (broad SMARTS) is 1. The maximum atomic E-state index is 12.1. The molecule has 2 unspecified atom stereocenters. The quantitative estimate of drug-likeness (QED) is 0.633. The van der Waals surface area contributed by atoms with Gasteiger partial charge in [0, 0.05) is 17.5 Å². The van der Waals surface area contributed by atoms with E-state index in [2.05, 4.69) is 10.6 Å². The summed E-state index contributed by atoms with van der Waals surface area (Å²) >= 11 is 1.33. The summed E-state index contributed by atoms with van der Waals surface area (Å²) in [7, 11) is 0. The van der Waals surface area contributed by atoms with Crippen molar-refractivity contribution < 1.29 is 19.5 Å². The zero-order valence-electron chi connectivity index (χ0n) is 13.5. The van der Waals surface area contributed by atoms with E-state index in [4.69, 9.17) is 5.11 Å². The third-order valence-corrected chi connectivity index (χ3v) is 4.16. The van der Waals surface area contributed by atoms with Crippen LogP contribution in [0.3, 0.4) is 0 Å². The van der Waals surface area contributed by atoms with Crippen LogP contribution in [0, 0.1) is 0 Å². The average Bonchev–Trinajstić information content (AvgIpc) is 2.48. The van der Waals surface area contributed by atoms with E-state index in [1.165, 1.54) is 18.7 Å². The fourth-order valence-corrected chi connectivity index (χ4v) is 2.79. The molecule has 23 heavy (non-hydrogen) atoms. The van der Waals surface area contributed by atoms with Gasteiger partial charge < -0.3 is 15.7 Å². The van der Waals surface area contributed by atoms with Gasteiger partial charge in [-0.3, -0.25) is 9.59 Å². The summed E-state index contributed by atoms with van der Waals surface area (Å²) in [6.07, 6.45) is 1.09. The number of amides is 2. The van der Waals surface area contributed by atoms with Gasteiger partial charge in [-0.15, -0.1) is 11.8 Å². The SMILES string of the molecule is CCCC(NC(=O)C(C)Sc1ccc(NC(C)=O)cc1)C(=O)O. The molecule has 3 N–H and O–H groups in total. The van der Waals surface area contributed by atoms with Crippen LogP contribution in [0.4, 0.5) is 5.69 Å². The Morgan fingerprint density at radius 1 is 1.22 bits per heavy atom. The summed E-state index contributed by atoms with van der Waals surface area (Å²) in [5.74, 6) is -1.47. The van der Waals surface area contributed by atoms with Gasteiger partial charge in [0.25, 0.3) is 0 Å². The third-order valence-electron chi connectivity index (χ3n) is 3.05. The van der Waals surface area contributed by atoms with Crippen molar-refractivity contribution in [3.8, 4) is 0 Å². The van der Waals surface area contributed by atoms with Crippen LogP contribution in [0.25, 0.3) is 0 Å². The van der Waals surface area contributed by atoms with E-state index in [1.807, 2.05) is 6.92 Å². The lowest BCUT2D eigenvalue weighted by Gasteiger charge is -2.17. The Hall–Kier alpha value is -2.02. The highest BCUT2D eigenvalue weighted by Crippen LogP contribution is 2.25. The van der Waals surface area contributed by atoms with Crippen molar-refractivity contribution in [2.24, 2.45) is 0 Å². The standard InChI is InChI=1S/C16H22N2O4S/c1-4-5-14(16(21)22)18-15(20)10(2)23-13-8-6-12(7-9-13)17-11(3)19/h6-10,14H,4-5H2,1-3H3,(H,17,19)(H,18,20)(H,21,22). The second kappa shape index (κ2) is 9.19. The normalized spacial score (nSPS) is 13.0. The number of thioether (sulfide) groups is 1. The van der Waals surface area contributed by atoms with Crippen molar-refractivity contribution in [3.63, 3.8) is 0 Å². The first-order valence-corrected chi connectivity index (χ1v) is 8.29. The van der Waals surface area contributed by atoms with Gasteiger partial charge in [0.05, 0.1) is 5.25 Å². The first kappa shape index (κ1) is 19.0. The van der Waals surface area contributed by atoms with Gasteiger partial charge in [0.2, 0.25) is 11.8 Å². The molecule has 0 aliphatic carbocycles. The van der Waals surface area contributed by atoms with Crippen molar-refractivity contribution in [1.29, 1.82) is 0 Å². The van der Waals surface area contributed by atoms with E-state index in [0.29, 0.717) is 18.5 Å². The summed E-state index contributed by atoms with van der Waals surface area (Å²) in [6, 6.07) is 6.27. The van der Waals surface area contributed by atoms with Crippen molar-refractivity contribution in [1.82, 2.24) is 5.32 Å². The van der Waals surface area contributed by atoms with Gasteiger partial charge in [0.15, 0.2) is 0 Å². The number of carbonyl (C=O) groups is 3. The third kappa shape index (κ3) is 6.73. The zero-order valence-corrected chi connectivity index (χ0v) is 14.3. The van der Waals surface area contributed by atoms with Crippen LogP contribution in [0.2, 0.25) is 0 Å². The molecule has 0 heterocycles. The van der Waals surface area contributed by atoms with E-state index in [-0.39, 0.29) is 11.8 Å². The molecule has 0 aromatic heterocycles. The molecule has 0 saturated carbocycles. The molecule has 0 saturated heterocycles. The van der Waals surface area contributed by atoms with Crippen LogP contribution < -0.4 is 10.6 Å². The molecule has 7 heteroatoms. The minimum Gasteiger partial charge on any atom is -0.480 e. The van der Waals surface area contributed by atoms with E-state index in [0.717, 1.165) is 4.90 Å². The predicted molar refractivity (Wildman–Crippen MR) is 90.5 cm³/mol. The molecule has 0 spiro atoms. The predicted octanol–water partition coefficient (Wildman–Crippen LogP) is 2.50. The van der Waals surface area contributed by atoms with Crippen LogP contribution in [-0.4, -0.2) is 34.2 Å². The fourth-order valence-electron chi connectivity index (χ4n) is 1.91. The van der Waals surface area contributed by atoms with Crippen molar-refractivity contribution in [2.75, 3.05) is 5.32 Å². The Morgan fingerprint density at radius 3 is 2.30 bits per heavy atom. The molecule has 0 radical (unpaired) electrons. The summed E-state index contributed by atoms with van der Waals surface area (Å²) < 4.78 is 0. The van der Waals surface area contributed by atoms with Crippen LogP contribution in [-0.2, 0) is 14.4 Å². The molecule has 0 bridgehead atoms. The van der Waals surface area contributed by atoms with Crippen LogP contribution in [0.5, 0.6) is 0 Å². The van der Waals surface area contributed by atoms with Gasteiger partial charge in [-0.1, -0.05) is 13.3 Å². The largest absolute Gasteiger partial charge is 0.480 e. The fraction of sp³-hybridized carbons (Fsp3) is 0.438. The molecule has 6 nitrogen and oxygen atoms in total. The van der Waals surface area contributed by atoms with E-state index >= 15 is 0 Å². The first-order valence-electron chi connectivity index (χ1n) is 7.41. The van der Waals surface area contributed by atoms with Crippen molar-refractivity contribution in [3.05, 3.63) is 24.3 Å². The monoisotopic (exact) mass is 338 g/mol. The number of carbonyl (C=O) groups excluding carboxylic acids is 2. The average molecular weight is 338 g/mol. The summed E-state index contributed by atoms with van der Waals surface area (Å²) in [6.45, 7) is 5.04. The van der Waals surface area contributed by atoms with Crippen molar-refractivity contribution >= 4 is 35.2 Å². The molecule has 126 valence electrons. The second-order valence-electron chi connectivity index (χ2n) is 5.15. The number of carboxylic acids is 1. The lowest BCUT2D eigenvalue weighted by molar-refractivity contribution is -0.141. The number of rotatable bonds is 8. The molecule has 1 rings (SSSR count). The molecule has 0 aliphatic heterocycles. The van der Waals surface area contributed by atoms with Crippen LogP contribution in [0.15, 0.2) is 29.2 Å². The summed E-state index contributed by atoms with van der Waals surface area (Å²) in [5, 5.41) is 13.9. The Kier molecular flexibility index (Phi) is 7.61. The first-order chi connectivity index (χ1) is 10.8. The van der Waals surface area contributed by atoms with Gasteiger partial charge in [0.1, 0.15) is 6.04 Å². The minimum atomic E-state index is -1.02. The Balaban J connectivity index is 2.60. The molecular formula is C16H22N2O4S. The second-order valence-corrected chi connectivity index (χ2v) is 6.57. The Morgan fingerprint density at radius 2 is 1.83 bits per heavy atom. The van der Waals surface area contributed by atoms with Gasteiger partial charge >= 0.3 is 5.97 Å². The van der Waals surface area contributed by atoms with Crippen LogP contribution >= 0.6 is 11.8 Å². The highest BCUT2D eigenvalue weighted by atomic mass is 32.2. The number of hydrogen-bond donors (Lipinski definition) is 3. The number of aliphatic carboxylic acids is 1. The van der Waals surface area contributed by atoms with E-state index < -0.39 is 17.3 Å². The molecule has 1 aromatic carbocycles. The Bertz CT molecular complexity index is 560. The molecule has 2 amide bonds. The molecule has 0 fully saturated rings. The lowest BCUT2D eigenvalue weighted by Crippen LogP contribution is -2.43. The number of anilines is 1. The van der Waals surface area contributed by atoms with Crippen LogP contribution in [0.1, 0.15) is 33.6 Å². The number of benzene rings is 1. The molecule has 1 aromatic rings. The smallest absolute Gasteiger partial charge is 0.326 e. The van der Waals surface area contributed by atoms with E-state index in [1.54, 1.807) is 31.2 Å². The molecular weight excluding hydrogens is 316 g/mol. The Labute approximate surface area is 140 Å². The minimum absolute atomic E-state index is 0.145. The highest BCUT2D eigenvalue weighted by molar-refractivity contribution is 8.00. The lowest BCUT2D eigenvalue weighted by atomic mass is 10.1. The molecule has 0 aliphatic rings. The summed E-state index contributed by atoms with van der Waals surface area (Å²) in [4.78, 5) is 35.0. The van der Waals surface area contributed by atoms with Crippen molar-refractivity contribution in [2.45, 2.75) is 49.8 Å². The van der Waals surface area contributed by atoms with Gasteiger partial charge in [-0.2, -0.15) is 0 Å². The molecule has 2 atom stereocenters. The van der Waals surface area contributed by atoms with E-state index in [9.17, 15) is 14.4 Å². The number of nitrogens with one attached hydrogen (secondary N) is 2. The summed E-state index contributed by atoms with van der Waals surface area (Å²) in [5.41, 5.74) is 0.688. The highest BCUT2D eigenvalue weighted by Gasteiger charge is 2.22. The maximum Gasteiger partial charge on any atom is 0.326 e. The maximum absolute atomic E-state index is 12.1. The zero-order chi connectivity index (χ0) is 17.4.